The third-order valence-electron chi connectivity index (χ3n) is 0. The molecule has 3 radical (unpaired) electrons. The van der Waals surface area contributed by atoms with Crippen molar-refractivity contribution in [2.75, 3.05) is 0 Å². The molecule has 0 aliphatic rings. The van der Waals surface area contributed by atoms with Gasteiger partial charge in [-0.05, 0) is 0 Å². The van der Waals surface area contributed by atoms with E-state index in [4.69, 9.17) is 0 Å². The molecule has 0 atom stereocenters. The van der Waals surface area contributed by atoms with Crippen LogP contribution in [0, 0.1) is 0 Å². The Hall–Kier alpha value is 0.0718. The predicted molar refractivity (Wildman–Crippen MR) is 14.8 cm³/mol. The lowest BCUT2D eigenvalue weighted by Gasteiger charge is -2.03. The molecule has 5 heavy (non-hydrogen) atoms. The maximum absolute atomic E-state index is 10.3. The highest BCUT2D eigenvalue weighted by Gasteiger charge is 2.03. The first-order chi connectivity index (χ1) is 2.00. The van der Waals surface area contributed by atoms with Crippen LogP contribution in [0.2, 0.25) is 0 Å². The van der Waals surface area contributed by atoms with E-state index in [-0.39, 0.29) is 0 Å². The lowest BCUT2D eigenvalue weighted by Crippen LogP contribution is -2.13. The average molecular weight is 95.9 g/mol. The van der Waals surface area contributed by atoms with E-state index in [1.165, 1.54) is 0 Å². The van der Waals surface area contributed by atoms with Crippen LogP contribution in [0.15, 0.2) is 0 Å². The Morgan fingerprint density at radius 3 is 1.20 bits per heavy atom. The Kier molecular flexibility index (Phi) is 1.06. The van der Waals surface area contributed by atoms with Crippen molar-refractivity contribution in [1.82, 2.24) is 0 Å². The summed E-state index contributed by atoms with van der Waals surface area (Å²) in [5, 5.41) is 0. The molecule has 0 nitrogen and oxygen atoms in total. The van der Waals surface area contributed by atoms with Crippen molar-refractivity contribution in [1.29, 1.82) is 0 Å². The zero-order valence-electron chi connectivity index (χ0n) is 2.21. The van der Waals surface area contributed by atoms with Gasteiger partial charge in [-0.3, -0.25) is 12.3 Å². The first kappa shape index (κ1) is 5.07. The molecule has 5 heteroatoms. The van der Waals surface area contributed by atoms with E-state index in [1.54, 1.807) is 0 Å². The molecule has 0 unspecified atom stereocenters. The van der Waals surface area contributed by atoms with Crippen molar-refractivity contribution in [3.05, 3.63) is 0 Å². The first-order valence-corrected chi connectivity index (χ1v) is 2.57. The van der Waals surface area contributed by atoms with Gasteiger partial charge in [0.05, 0.1) is 0 Å². The van der Waals surface area contributed by atoms with Crippen LogP contribution in [-0.4, -0.2) is 16.4 Å². The molecular formula is BF3Si-. The normalized spacial score (nSPS) is 12.0. The monoisotopic (exact) mass is 96.0 g/mol. The quantitative estimate of drug-likeness (QED) is 0.304. The largest absolute Gasteiger partial charge is 0.487 e. The molecule has 0 spiro atoms. The Morgan fingerprint density at radius 2 is 1.20 bits per heavy atom. The molecule has 0 aliphatic carbocycles. The van der Waals surface area contributed by atoms with Crippen LogP contribution < -0.4 is 0 Å². The topological polar surface area (TPSA) is 0 Å². The molecule has 0 N–H and O–H groups in total. The van der Waals surface area contributed by atoms with Gasteiger partial charge in [-0.15, -0.1) is 0 Å². The van der Waals surface area contributed by atoms with Crippen molar-refractivity contribution in [3.63, 3.8) is 0 Å². The highest BCUT2D eigenvalue weighted by atomic mass is 28.5. The van der Waals surface area contributed by atoms with Gasteiger partial charge < -0.3 is 7.44 Å². The minimum absolute atomic E-state index is 3.49. The van der Waals surface area contributed by atoms with E-state index in [2.05, 4.69) is 7.44 Å². The van der Waals surface area contributed by atoms with Gasteiger partial charge >= 0.3 is 8.95 Å². The van der Waals surface area contributed by atoms with Gasteiger partial charge in [-0.1, -0.05) is 0 Å². The summed E-state index contributed by atoms with van der Waals surface area (Å²) in [4.78, 5) is 0. The maximum atomic E-state index is 10.3. The zero-order chi connectivity index (χ0) is 4.50. The standard InChI is InChI=1S/BF3Si/c1-5(2,3)4/q-1. The molecule has 0 fully saturated rings. The molecule has 0 amide bonds. The van der Waals surface area contributed by atoms with Crippen LogP contribution in [0.5, 0.6) is 0 Å². The predicted octanol–water partition coefficient (Wildman–Crippen LogP) is 0.499. The molecule has 29 valence electrons. The molecule has 0 rings (SSSR count). The van der Waals surface area contributed by atoms with Crippen molar-refractivity contribution in [2.45, 2.75) is 0 Å². The first-order valence-electron chi connectivity index (χ1n) is 0.856. The fourth-order valence-electron chi connectivity index (χ4n) is 0. The van der Waals surface area contributed by atoms with Gasteiger partial charge in [0.15, 0.2) is 0 Å². The summed E-state index contributed by atoms with van der Waals surface area (Å²) in [5.41, 5.74) is 0. The van der Waals surface area contributed by atoms with Crippen LogP contribution >= 0.6 is 0 Å². The fourth-order valence-corrected chi connectivity index (χ4v) is 0. The van der Waals surface area contributed by atoms with Crippen molar-refractivity contribution in [2.24, 2.45) is 0 Å². The fraction of sp³-hybridized carbons (Fsp3) is 0. The number of hydrogen-bond acceptors (Lipinski definition) is 0. The third kappa shape index (κ3) is 3390. The number of rotatable bonds is 0. The average Bonchev–Trinajstić information content (AvgIpc) is 0.722. The van der Waals surface area contributed by atoms with E-state index >= 15 is 0 Å². The van der Waals surface area contributed by atoms with Crippen molar-refractivity contribution >= 4 is 16.4 Å². The van der Waals surface area contributed by atoms with Gasteiger partial charge in [-0.25, -0.2) is 0 Å². The number of halogens is 3. The second-order valence-electron chi connectivity index (χ2n) is 0.542. The summed E-state index contributed by atoms with van der Waals surface area (Å²) in [7, 11) is -2.12. The summed E-state index contributed by atoms with van der Waals surface area (Å²) in [6.07, 6.45) is 0. The Labute approximate surface area is 29.9 Å². The Bertz CT molecular complexity index is 22.4. The second kappa shape index (κ2) is 1.04. The molecule has 0 bridgehead atoms. The van der Waals surface area contributed by atoms with Crippen molar-refractivity contribution < 1.29 is 12.3 Å². The van der Waals surface area contributed by atoms with E-state index in [9.17, 15) is 12.3 Å². The Balaban J connectivity index is 3.02. The summed E-state index contributed by atoms with van der Waals surface area (Å²) >= 11 is 0. The SMILES string of the molecule is [B-][Si](F)(F)F. The molecule has 0 aromatic carbocycles. The van der Waals surface area contributed by atoms with Crippen LogP contribution in [0.1, 0.15) is 0 Å². The van der Waals surface area contributed by atoms with Gasteiger partial charge in [-0.2, -0.15) is 0 Å². The summed E-state index contributed by atoms with van der Waals surface area (Å²) < 4.78 is 30.8. The van der Waals surface area contributed by atoms with Crippen LogP contribution in [-0.2, 0) is 0 Å². The van der Waals surface area contributed by atoms with Gasteiger partial charge in [0.25, 0.3) is 0 Å². The van der Waals surface area contributed by atoms with Crippen LogP contribution in [0.3, 0.4) is 0 Å². The summed E-state index contributed by atoms with van der Waals surface area (Å²) in [6.45, 7) is 0. The van der Waals surface area contributed by atoms with Crippen LogP contribution in [0.4, 0.5) is 12.3 Å². The van der Waals surface area contributed by atoms with Gasteiger partial charge in [0, 0.05) is 0 Å². The molecule has 0 aromatic heterocycles. The van der Waals surface area contributed by atoms with Gasteiger partial charge in [0.2, 0.25) is 0 Å². The molecule has 0 heterocycles. The van der Waals surface area contributed by atoms with Gasteiger partial charge in [0.1, 0.15) is 0 Å². The molecule has 0 saturated heterocycles. The lowest BCUT2D eigenvalue weighted by molar-refractivity contribution is 0.516. The number of hydrogen-bond donors (Lipinski definition) is 0. The highest BCUT2D eigenvalue weighted by Crippen LogP contribution is 1.98. The van der Waals surface area contributed by atoms with E-state index < -0.39 is 8.95 Å². The lowest BCUT2D eigenvalue weighted by atomic mass is 10.8. The van der Waals surface area contributed by atoms with Crippen molar-refractivity contribution in [3.8, 4) is 0 Å². The minimum atomic E-state index is -5.61. The molecule has 0 aliphatic heterocycles. The van der Waals surface area contributed by atoms with E-state index in [0.29, 0.717) is 0 Å². The maximum Gasteiger partial charge on any atom is 0.332 e. The van der Waals surface area contributed by atoms with Crippen LogP contribution in [0.25, 0.3) is 0 Å². The van der Waals surface area contributed by atoms with E-state index in [1.807, 2.05) is 0 Å². The third-order valence-corrected chi connectivity index (χ3v) is 0. The summed E-state index contributed by atoms with van der Waals surface area (Å²) in [5.74, 6) is 0. The van der Waals surface area contributed by atoms with E-state index in [0.717, 1.165) is 0 Å². The molecular weight excluding hydrogens is 95.9 g/mol. The highest BCUT2D eigenvalue weighted by molar-refractivity contribution is 7.04. The molecule has 0 saturated carbocycles. The zero-order valence-corrected chi connectivity index (χ0v) is 3.21. The Morgan fingerprint density at radius 1 is 1.20 bits per heavy atom. The molecule has 0 aromatic rings. The second-order valence-corrected chi connectivity index (χ2v) is 1.62. The summed E-state index contributed by atoms with van der Waals surface area (Å²) in [6, 6.07) is 0. The smallest absolute Gasteiger partial charge is 0.332 e. The minimum Gasteiger partial charge on any atom is -0.487 e.